The Balaban J connectivity index is 2.00. The highest BCUT2D eigenvalue weighted by atomic mass is 16.4. The standard InChI is InChI=1S/C10H11N5O2/c1-15-10(12-13-14-15)11-6-7-2-4-8(5-3-7)9(16)17/h2-5H,6H2,1H3,(H,16,17)(H,11,12,14). The quantitative estimate of drug-likeness (QED) is 0.799. The maximum absolute atomic E-state index is 10.7. The molecule has 0 spiro atoms. The van der Waals surface area contributed by atoms with Crippen LogP contribution in [0.1, 0.15) is 15.9 Å². The first kappa shape index (κ1) is 11.1. The summed E-state index contributed by atoms with van der Waals surface area (Å²) in [6, 6.07) is 6.63. The van der Waals surface area contributed by atoms with Gasteiger partial charge >= 0.3 is 5.97 Å². The summed E-state index contributed by atoms with van der Waals surface area (Å²) in [5.41, 5.74) is 1.23. The number of rotatable bonds is 4. The molecule has 0 aliphatic carbocycles. The maximum Gasteiger partial charge on any atom is 0.335 e. The normalized spacial score (nSPS) is 10.2. The number of aromatic carboxylic acids is 1. The van der Waals surface area contributed by atoms with Gasteiger partial charge in [0.2, 0.25) is 5.95 Å². The van der Waals surface area contributed by atoms with E-state index in [0.29, 0.717) is 12.5 Å². The van der Waals surface area contributed by atoms with Gasteiger partial charge in [-0.3, -0.25) is 0 Å². The van der Waals surface area contributed by atoms with Crippen molar-refractivity contribution in [3.8, 4) is 0 Å². The van der Waals surface area contributed by atoms with Gasteiger partial charge in [0, 0.05) is 13.6 Å². The van der Waals surface area contributed by atoms with Crippen LogP contribution < -0.4 is 5.32 Å². The molecular formula is C10H11N5O2. The summed E-state index contributed by atoms with van der Waals surface area (Å²) in [7, 11) is 1.73. The van der Waals surface area contributed by atoms with E-state index in [4.69, 9.17) is 5.11 Å². The van der Waals surface area contributed by atoms with Crippen molar-refractivity contribution in [2.75, 3.05) is 5.32 Å². The third kappa shape index (κ3) is 2.57. The number of aromatic nitrogens is 4. The van der Waals surface area contributed by atoms with Gasteiger partial charge in [-0.15, -0.1) is 0 Å². The van der Waals surface area contributed by atoms with Gasteiger partial charge in [-0.05, 0) is 28.1 Å². The monoisotopic (exact) mass is 233 g/mol. The number of aryl methyl sites for hydroxylation is 1. The second-order valence-corrected chi connectivity index (χ2v) is 3.48. The minimum Gasteiger partial charge on any atom is -0.478 e. The molecule has 0 aliphatic rings. The highest BCUT2D eigenvalue weighted by Gasteiger charge is 2.03. The number of carboxylic acids is 1. The van der Waals surface area contributed by atoms with Gasteiger partial charge in [-0.2, -0.15) is 0 Å². The van der Waals surface area contributed by atoms with Crippen LogP contribution in [0.15, 0.2) is 24.3 Å². The lowest BCUT2D eigenvalue weighted by Crippen LogP contribution is -2.06. The molecule has 7 nitrogen and oxygen atoms in total. The first-order chi connectivity index (χ1) is 8.16. The Morgan fingerprint density at radius 1 is 1.41 bits per heavy atom. The van der Waals surface area contributed by atoms with E-state index in [2.05, 4.69) is 20.8 Å². The van der Waals surface area contributed by atoms with Gasteiger partial charge in [0.25, 0.3) is 0 Å². The van der Waals surface area contributed by atoms with Crippen LogP contribution in [0.4, 0.5) is 5.95 Å². The molecule has 0 amide bonds. The van der Waals surface area contributed by atoms with E-state index in [1.165, 1.54) is 4.68 Å². The predicted molar refractivity (Wildman–Crippen MR) is 59.5 cm³/mol. The Morgan fingerprint density at radius 3 is 2.65 bits per heavy atom. The molecule has 2 N–H and O–H groups in total. The van der Waals surface area contributed by atoms with Crippen LogP contribution in [0.5, 0.6) is 0 Å². The molecule has 7 heteroatoms. The Hall–Kier alpha value is -2.44. The van der Waals surface area contributed by atoms with Gasteiger partial charge in [0.05, 0.1) is 5.56 Å². The molecule has 0 atom stereocenters. The van der Waals surface area contributed by atoms with Crippen molar-refractivity contribution in [1.82, 2.24) is 20.2 Å². The molecule has 0 saturated carbocycles. The summed E-state index contributed by atoms with van der Waals surface area (Å²) in [5, 5.41) is 22.7. The van der Waals surface area contributed by atoms with Crippen LogP contribution in [0.2, 0.25) is 0 Å². The van der Waals surface area contributed by atoms with Crippen molar-refractivity contribution in [2.45, 2.75) is 6.54 Å². The molecular weight excluding hydrogens is 222 g/mol. The SMILES string of the molecule is Cn1nnnc1NCc1ccc(C(=O)O)cc1. The van der Waals surface area contributed by atoms with Crippen molar-refractivity contribution in [3.05, 3.63) is 35.4 Å². The van der Waals surface area contributed by atoms with E-state index in [9.17, 15) is 4.79 Å². The molecule has 1 aromatic carbocycles. The van der Waals surface area contributed by atoms with Crippen LogP contribution in [0, 0.1) is 0 Å². The number of tetrazole rings is 1. The number of hydrogen-bond acceptors (Lipinski definition) is 5. The van der Waals surface area contributed by atoms with Crippen molar-refractivity contribution in [3.63, 3.8) is 0 Å². The van der Waals surface area contributed by atoms with Crippen molar-refractivity contribution in [2.24, 2.45) is 7.05 Å². The topological polar surface area (TPSA) is 92.9 Å². The van der Waals surface area contributed by atoms with E-state index < -0.39 is 5.97 Å². The molecule has 0 radical (unpaired) electrons. The van der Waals surface area contributed by atoms with E-state index in [1.54, 1.807) is 31.3 Å². The van der Waals surface area contributed by atoms with Crippen LogP contribution >= 0.6 is 0 Å². The summed E-state index contributed by atoms with van der Waals surface area (Å²) >= 11 is 0. The highest BCUT2D eigenvalue weighted by molar-refractivity contribution is 5.87. The molecule has 0 unspecified atom stereocenters. The summed E-state index contributed by atoms with van der Waals surface area (Å²) in [6.07, 6.45) is 0. The molecule has 2 aromatic rings. The van der Waals surface area contributed by atoms with Crippen LogP contribution in [0.3, 0.4) is 0 Å². The average Bonchev–Trinajstić information content (AvgIpc) is 2.73. The highest BCUT2D eigenvalue weighted by Crippen LogP contribution is 2.06. The van der Waals surface area contributed by atoms with E-state index >= 15 is 0 Å². The maximum atomic E-state index is 10.7. The van der Waals surface area contributed by atoms with Crippen molar-refractivity contribution in [1.29, 1.82) is 0 Å². The molecule has 0 aliphatic heterocycles. The number of hydrogen-bond donors (Lipinski definition) is 2. The fourth-order valence-electron chi connectivity index (χ4n) is 1.33. The van der Waals surface area contributed by atoms with E-state index in [-0.39, 0.29) is 5.56 Å². The number of carbonyl (C=O) groups is 1. The molecule has 17 heavy (non-hydrogen) atoms. The van der Waals surface area contributed by atoms with Gasteiger partial charge in [-0.25, -0.2) is 9.48 Å². The first-order valence-electron chi connectivity index (χ1n) is 4.95. The predicted octanol–water partition coefficient (Wildman–Crippen LogP) is 0.520. The number of nitrogens with one attached hydrogen (secondary N) is 1. The van der Waals surface area contributed by atoms with Crippen molar-refractivity contribution >= 4 is 11.9 Å². The lowest BCUT2D eigenvalue weighted by atomic mass is 10.1. The molecule has 88 valence electrons. The minimum absolute atomic E-state index is 0.272. The number of carboxylic acid groups (broad SMARTS) is 1. The molecule has 2 rings (SSSR count). The lowest BCUT2D eigenvalue weighted by molar-refractivity contribution is 0.0697. The molecule has 0 saturated heterocycles. The first-order valence-corrected chi connectivity index (χ1v) is 4.95. The largest absolute Gasteiger partial charge is 0.478 e. The molecule has 0 fully saturated rings. The zero-order valence-corrected chi connectivity index (χ0v) is 9.16. The second kappa shape index (κ2) is 4.60. The Morgan fingerprint density at radius 2 is 2.12 bits per heavy atom. The van der Waals surface area contributed by atoms with E-state index in [1.807, 2.05) is 0 Å². The average molecular weight is 233 g/mol. The Bertz CT molecular complexity index is 520. The Labute approximate surface area is 97.1 Å². The lowest BCUT2D eigenvalue weighted by Gasteiger charge is -2.04. The number of anilines is 1. The van der Waals surface area contributed by atoms with Gasteiger partial charge in [0.1, 0.15) is 0 Å². The third-order valence-corrected chi connectivity index (χ3v) is 2.27. The van der Waals surface area contributed by atoms with Gasteiger partial charge < -0.3 is 10.4 Å². The molecule has 1 aromatic heterocycles. The van der Waals surface area contributed by atoms with Crippen LogP contribution in [0.25, 0.3) is 0 Å². The molecule has 0 bridgehead atoms. The second-order valence-electron chi connectivity index (χ2n) is 3.48. The summed E-state index contributed by atoms with van der Waals surface area (Å²) < 4.78 is 1.52. The van der Waals surface area contributed by atoms with E-state index in [0.717, 1.165) is 5.56 Å². The number of nitrogens with zero attached hydrogens (tertiary/aromatic N) is 4. The minimum atomic E-state index is -0.929. The smallest absolute Gasteiger partial charge is 0.335 e. The summed E-state index contributed by atoms with van der Waals surface area (Å²) in [5.74, 6) is -0.366. The van der Waals surface area contributed by atoms with Crippen LogP contribution in [-0.4, -0.2) is 31.3 Å². The Kier molecular flexibility index (Phi) is 2.99. The number of benzene rings is 1. The summed E-state index contributed by atoms with van der Waals surface area (Å²) in [6.45, 7) is 0.536. The zero-order chi connectivity index (χ0) is 12.3. The zero-order valence-electron chi connectivity index (χ0n) is 9.16. The molecule has 1 heterocycles. The van der Waals surface area contributed by atoms with Crippen LogP contribution in [-0.2, 0) is 13.6 Å². The third-order valence-electron chi connectivity index (χ3n) is 2.27. The summed E-state index contributed by atoms with van der Waals surface area (Å²) in [4.78, 5) is 10.7. The fourth-order valence-corrected chi connectivity index (χ4v) is 1.33. The van der Waals surface area contributed by atoms with Gasteiger partial charge in [0.15, 0.2) is 0 Å². The fraction of sp³-hybridized carbons (Fsp3) is 0.200. The van der Waals surface area contributed by atoms with Crippen molar-refractivity contribution < 1.29 is 9.90 Å². The van der Waals surface area contributed by atoms with Gasteiger partial charge in [-0.1, -0.05) is 17.2 Å².